The number of aliphatic carboxylic acids is 1. The molecule has 0 unspecified atom stereocenters. The highest BCUT2D eigenvalue weighted by molar-refractivity contribution is 5.84. The number of amides is 1. The van der Waals surface area contributed by atoms with Crippen molar-refractivity contribution in [2.24, 2.45) is 5.41 Å². The zero-order valence-corrected chi connectivity index (χ0v) is 13.3. The van der Waals surface area contributed by atoms with Crippen LogP contribution < -0.4 is 5.32 Å². The first-order valence-corrected chi connectivity index (χ1v) is 7.90. The molecule has 0 aromatic rings. The Bertz CT molecular complexity index is 287. The predicted octanol–water partition coefficient (Wildman–Crippen LogP) is 3.74. The smallest absolute Gasteiger partial charge is 0.309 e. The Labute approximate surface area is 123 Å². The van der Waals surface area contributed by atoms with Crippen molar-refractivity contribution < 1.29 is 14.7 Å². The van der Waals surface area contributed by atoms with Gasteiger partial charge in [0.05, 0.1) is 5.41 Å². The molecule has 20 heavy (non-hydrogen) atoms. The van der Waals surface area contributed by atoms with Gasteiger partial charge in [-0.1, -0.05) is 51.9 Å². The minimum atomic E-state index is -0.983. The van der Waals surface area contributed by atoms with E-state index in [9.17, 15) is 9.59 Å². The van der Waals surface area contributed by atoms with Gasteiger partial charge in [0, 0.05) is 13.0 Å². The highest BCUT2D eigenvalue weighted by Crippen LogP contribution is 2.19. The Morgan fingerprint density at radius 1 is 0.950 bits per heavy atom. The lowest BCUT2D eigenvalue weighted by Gasteiger charge is -2.18. The van der Waals surface area contributed by atoms with Crippen molar-refractivity contribution in [3.8, 4) is 0 Å². The summed E-state index contributed by atoms with van der Waals surface area (Å²) in [5.41, 5.74) is -0.983. The highest BCUT2D eigenvalue weighted by Gasteiger charge is 2.29. The van der Waals surface area contributed by atoms with Crippen LogP contribution in [0.15, 0.2) is 0 Å². The van der Waals surface area contributed by atoms with Crippen LogP contribution in [0.5, 0.6) is 0 Å². The van der Waals surface area contributed by atoms with Crippen LogP contribution in [-0.4, -0.2) is 23.5 Å². The molecule has 0 aliphatic carbocycles. The van der Waals surface area contributed by atoms with Gasteiger partial charge in [0.2, 0.25) is 5.91 Å². The van der Waals surface area contributed by atoms with Crippen LogP contribution in [0.4, 0.5) is 0 Å². The number of hydrogen-bond acceptors (Lipinski definition) is 2. The van der Waals surface area contributed by atoms with Crippen LogP contribution in [0.3, 0.4) is 0 Å². The molecular weight excluding hydrogens is 254 g/mol. The van der Waals surface area contributed by atoms with E-state index in [1.54, 1.807) is 13.8 Å². The first-order chi connectivity index (χ1) is 9.40. The second-order valence-corrected chi connectivity index (χ2v) is 6.19. The summed E-state index contributed by atoms with van der Waals surface area (Å²) < 4.78 is 0. The van der Waals surface area contributed by atoms with Gasteiger partial charge < -0.3 is 10.4 Å². The Balaban J connectivity index is 3.47. The summed E-state index contributed by atoms with van der Waals surface area (Å²) in [6.07, 6.45) is 9.90. The Kier molecular flexibility index (Phi) is 10.1. The van der Waals surface area contributed by atoms with Gasteiger partial charge in [0.25, 0.3) is 0 Å². The first-order valence-electron chi connectivity index (χ1n) is 7.90. The maximum atomic E-state index is 11.6. The van der Waals surface area contributed by atoms with Gasteiger partial charge >= 0.3 is 5.97 Å². The van der Waals surface area contributed by atoms with E-state index in [0.29, 0.717) is 6.54 Å². The lowest BCUT2D eigenvalue weighted by molar-refractivity contribution is -0.149. The van der Waals surface area contributed by atoms with Crippen molar-refractivity contribution in [3.63, 3.8) is 0 Å². The third-order valence-corrected chi connectivity index (χ3v) is 3.53. The van der Waals surface area contributed by atoms with Gasteiger partial charge in [-0.3, -0.25) is 9.59 Å². The summed E-state index contributed by atoms with van der Waals surface area (Å²) in [5, 5.41) is 11.7. The van der Waals surface area contributed by atoms with Crippen molar-refractivity contribution in [3.05, 3.63) is 0 Å². The molecule has 0 atom stereocenters. The molecule has 2 N–H and O–H groups in total. The normalized spacial score (nSPS) is 11.3. The van der Waals surface area contributed by atoms with E-state index in [0.717, 1.165) is 12.8 Å². The fourth-order valence-electron chi connectivity index (χ4n) is 2.03. The lowest BCUT2D eigenvalue weighted by atomic mass is 9.89. The van der Waals surface area contributed by atoms with Gasteiger partial charge in [-0.05, 0) is 20.3 Å². The van der Waals surface area contributed by atoms with E-state index >= 15 is 0 Å². The van der Waals surface area contributed by atoms with Crippen molar-refractivity contribution in [1.82, 2.24) is 5.32 Å². The van der Waals surface area contributed by atoms with E-state index in [1.165, 1.54) is 38.5 Å². The molecule has 4 heteroatoms. The van der Waals surface area contributed by atoms with Crippen molar-refractivity contribution in [2.45, 2.75) is 78.6 Å². The first kappa shape index (κ1) is 18.9. The molecule has 118 valence electrons. The molecule has 0 heterocycles. The monoisotopic (exact) mass is 285 g/mol. The van der Waals surface area contributed by atoms with Crippen LogP contribution >= 0.6 is 0 Å². The molecule has 0 aliphatic rings. The fraction of sp³-hybridized carbons (Fsp3) is 0.875. The molecule has 0 rings (SSSR count). The largest absolute Gasteiger partial charge is 0.481 e. The van der Waals surface area contributed by atoms with Crippen molar-refractivity contribution in [1.29, 1.82) is 0 Å². The topological polar surface area (TPSA) is 66.4 Å². The minimum Gasteiger partial charge on any atom is -0.481 e. The number of nitrogens with one attached hydrogen (secondary N) is 1. The molecule has 0 radical (unpaired) electrons. The van der Waals surface area contributed by atoms with E-state index in [4.69, 9.17) is 5.11 Å². The summed E-state index contributed by atoms with van der Waals surface area (Å²) in [7, 11) is 0. The quantitative estimate of drug-likeness (QED) is 0.537. The zero-order valence-electron chi connectivity index (χ0n) is 13.3. The van der Waals surface area contributed by atoms with E-state index in [2.05, 4.69) is 12.2 Å². The molecule has 1 amide bonds. The highest BCUT2D eigenvalue weighted by atomic mass is 16.4. The molecule has 0 spiro atoms. The summed E-state index contributed by atoms with van der Waals surface area (Å²) in [6.45, 7) is 6.02. The maximum absolute atomic E-state index is 11.6. The Hall–Kier alpha value is -1.06. The number of unbranched alkanes of at least 4 members (excludes halogenated alkanes) is 7. The second-order valence-electron chi connectivity index (χ2n) is 6.19. The fourth-order valence-corrected chi connectivity index (χ4v) is 2.03. The number of carbonyl (C=O) groups excluding carboxylic acids is 1. The Morgan fingerprint density at radius 3 is 1.95 bits per heavy atom. The molecule has 0 fully saturated rings. The molecule has 0 bridgehead atoms. The van der Waals surface area contributed by atoms with Gasteiger partial charge in [-0.25, -0.2) is 0 Å². The van der Waals surface area contributed by atoms with Crippen LogP contribution in [-0.2, 0) is 9.59 Å². The van der Waals surface area contributed by atoms with Crippen molar-refractivity contribution in [2.75, 3.05) is 6.54 Å². The zero-order chi connectivity index (χ0) is 15.4. The Morgan fingerprint density at radius 2 is 1.45 bits per heavy atom. The van der Waals surface area contributed by atoms with Gasteiger partial charge in [-0.15, -0.1) is 0 Å². The third-order valence-electron chi connectivity index (χ3n) is 3.53. The molecule has 0 saturated carbocycles. The molecule has 0 aromatic carbocycles. The van der Waals surface area contributed by atoms with Gasteiger partial charge in [-0.2, -0.15) is 0 Å². The number of hydrogen-bond donors (Lipinski definition) is 2. The summed E-state index contributed by atoms with van der Waals surface area (Å²) in [5.74, 6) is -1.10. The van der Waals surface area contributed by atoms with Gasteiger partial charge in [0.1, 0.15) is 0 Å². The number of rotatable bonds is 12. The van der Waals surface area contributed by atoms with Crippen LogP contribution in [0.25, 0.3) is 0 Å². The van der Waals surface area contributed by atoms with Crippen molar-refractivity contribution >= 4 is 11.9 Å². The standard InChI is InChI=1S/C16H31NO3/c1-4-5-6-7-8-9-10-11-12-17-14(18)13-16(2,3)15(19)20/h4-13H2,1-3H3,(H,17,18)(H,19,20). The van der Waals surface area contributed by atoms with E-state index in [-0.39, 0.29) is 12.3 Å². The summed E-state index contributed by atoms with van der Waals surface area (Å²) in [4.78, 5) is 22.5. The van der Waals surface area contributed by atoms with Crippen LogP contribution in [0.2, 0.25) is 0 Å². The van der Waals surface area contributed by atoms with E-state index in [1.807, 2.05) is 0 Å². The van der Waals surface area contributed by atoms with Crippen LogP contribution in [0, 0.1) is 5.41 Å². The lowest BCUT2D eigenvalue weighted by Crippen LogP contribution is -2.33. The van der Waals surface area contributed by atoms with Gasteiger partial charge in [0.15, 0.2) is 0 Å². The third kappa shape index (κ3) is 9.82. The number of carboxylic acid groups (broad SMARTS) is 1. The van der Waals surface area contributed by atoms with E-state index < -0.39 is 11.4 Å². The summed E-state index contributed by atoms with van der Waals surface area (Å²) in [6, 6.07) is 0. The number of carbonyl (C=O) groups is 2. The SMILES string of the molecule is CCCCCCCCCCNC(=O)CC(C)(C)C(=O)O. The second kappa shape index (κ2) is 10.7. The molecular formula is C16H31NO3. The predicted molar refractivity (Wildman–Crippen MR) is 81.7 cm³/mol. The molecule has 0 aromatic heterocycles. The van der Waals surface area contributed by atoms with Crippen LogP contribution in [0.1, 0.15) is 78.6 Å². The average Bonchev–Trinajstić information content (AvgIpc) is 2.36. The molecule has 0 saturated heterocycles. The molecule has 0 aliphatic heterocycles. The molecule has 4 nitrogen and oxygen atoms in total. The maximum Gasteiger partial charge on any atom is 0.309 e. The average molecular weight is 285 g/mol. The number of carboxylic acids is 1. The summed E-state index contributed by atoms with van der Waals surface area (Å²) >= 11 is 0. The minimum absolute atomic E-state index is 0.0410.